The minimum Gasteiger partial charge on any atom is -0.388 e. The molecule has 9 heteroatoms. The number of anilines is 1. The van der Waals surface area contributed by atoms with E-state index in [0.29, 0.717) is 24.5 Å². The number of hydrogen-bond donors (Lipinski definition) is 3. The van der Waals surface area contributed by atoms with Crippen LogP contribution in [0.25, 0.3) is 0 Å². The largest absolute Gasteiger partial charge is 0.388 e. The van der Waals surface area contributed by atoms with Crippen LogP contribution in [0.5, 0.6) is 0 Å². The van der Waals surface area contributed by atoms with Crippen molar-refractivity contribution in [1.82, 2.24) is 9.97 Å². The molecule has 7 nitrogen and oxygen atoms in total. The summed E-state index contributed by atoms with van der Waals surface area (Å²) >= 11 is 4.81. The fraction of sp³-hybridized carbons (Fsp3) is 0.375. The predicted molar refractivity (Wildman–Crippen MR) is 69.0 cm³/mol. The first-order chi connectivity index (χ1) is 7.90. The number of nitrogens with zero attached hydrogens (tertiary/aromatic N) is 2. The van der Waals surface area contributed by atoms with Crippen LogP contribution in [0, 0.1) is 0 Å². The van der Waals surface area contributed by atoms with Gasteiger partial charge in [0.1, 0.15) is 10.7 Å². The Morgan fingerprint density at radius 1 is 1.41 bits per heavy atom. The Labute approximate surface area is 105 Å². The van der Waals surface area contributed by atoms with Crippen LogP contribution in [-0.2, 0) is 10.0 Å². The van der Waals surface area contributed by atoms with Gasteiger partial charge in [-0.1, -0.05) is 12.2 Å². The summed E-state index contributed by atoms with van der Waals surface area (Å²) in [5.41, 5.74) is 5.85. The molecule has 1 heterocycles. The second-order valence-corrected chi connectivity index (χ2v) is 5.44. The third kappa shape index (κ3) is 5.02. The smallest absolute Gasteiger partial charge is 0.209 e. The Morgan fingerprint density at radius 3 is 2.65 bits per heavy atom. The summed E-state index contributed by atoms with van der Waals surface area (Å²) in [5.74, 6) is 0.345. The SMILES string of the molecule is NC(=S)c1nccnc1NCCCS(N)(=O)=O. The Morgan fingerprint density at radius 2 is 2.06 bits per heavy atom. The first kappa shape index (κ1) is 13.7. The fourth-order valence-electron chi connectivity index (χ4n) is 1.13. The molecule has 1 rings (SSSR count). The molecule has 0 unspecified atom stereocenters. The lowest BCUT2D eigenvalue weighted by Crippen LogP contribution is -2.20. The molecule has 0 spiro atoms. The van der Waals surface area contributed by atoms with Crippen LogP contribution in [0.3, 0.4) is 0 Å². The van der Waals surface area contributed by atoms with E-state index in [-0.39, 0.29) is 10.7 Å². The lowest BCUT2D eigenvalue weighted by Gasteiger charge is -2.08. The van der Waals surface area contributed by atoms with Crippen LogP contribution in [-0.4, -0.2) is 35.7 Å². The van der Waals surface area contributed by atoms with Crippen LogP contribution in [0.2, 0.25) is 0 Å². The molecule has 0 aliphatic carbocycles. The average Bonchev–Trinajstić information content (AvgIpc) is 2.23. The predicted octanol–water partition coefficient (Wildman–Crippen LogP) is -0.799. The van der Waals surface area contributed by atoms with Crippen molar-refractivity contribution in [1.29, 1.82) is 0 Å². The number of thiocarbonyl (C=S) groups is 1. The molecule has 0 aromatic carbocycles. The van der Waals surface area contributed by atoms with Gasteiger partial charge in [-0.15, -0.1) is 0 Å². The quantitative estimate of drug-likeness (QED) is 0.458. The van der Waals surface area contributed by atoms with Crippen LogP contribution >= 0.6 is 12.2 Å². The van der Waals surface area contributed by atoms with Gasteiger partial charge in [0.2, 0.25) is 10.0 Å². The van der Waals surface area contributed by atoms with Crippen LogP contribution in [0.15, 0.2) is 12.4 Å². The Kier molecular flexibility index (Phi) is 4.73. The summed E-state index contributed by atoms with van der Waals surface area (Å²) in [7, 11) is -3.43. The molecule has 17 heavy (non-hydrogen) atoms. The van der Waals surface area contributed by atoms with Gasteiger partial charge in [0.15, 0.2) is 5.82 Å². The molecule has 0 fully saturated rings. The molecule has 1 aromatic heterocycles. The van der Waals surface area contributed by atoms with Gasteiger partial charge in [0.25, 0.3) is 0 Å². The molecule has 0 aliphatic rings. The standard InChI is InChI=1S/C8H13N5O2S2/c9-7(16)6-8(13-4-3-11-6)12-2-1-5-17(10,14)15/h3-4H,1-2,5H2,(H2,9,16)(H,12,13)(H2,10,14,15). The van der Waals surface area contributed by atoms with Crippen molar-refractivity contribution in [2.24, 2.45) is 10.9 Å². The number of aromatic nitrogens is 2. The van der Waals surface area contributed by atoms with Gasteiger partial charge >= 0.3 is 0 Å². The van der Waals surface area contributed by atoms with E-state index in [9.17, 15) is 8.42 Å². The molecule has 94 valence electrons. The van der Waals surface area contributed by atoms with E-state index in [1.165, 1.54) is 12.4 Å². The molecule has 5 N–H and O–H groups in total. The van der Waals surface area contributed by atoms with Gasteiger partial charge in [-0.25, -0.2) is 23.5 Å². The third-order valence-electron chi connectivity index (χ3n) is 1.83. The Balaban J connectivity index is 2.55. The lowest BCUT2D eigenvalue weighted by atomic mass is 10.4. The third-order valence-corrected chi connectivity index (χ3v) is 2.88. The summed E-state index contributed by atoms with van der Waals surface area (Å²) in [6, 6.07) is 0. The molecule has 1 aromatic rings. The van der Waals surface area contributed by atoms with E-state index in [0.717, 1.165) is 0 Å². The molecule has 0 aliphatic heterocycles. The summed E-state index contributed by atoms with van der Waals surface area (Å²) in [4.78, 5) is 8.12. The van der Waals surface area contributed by atoms with Crippen molar-refractivity contribution in [2.45, 2.75) is 6.42 Å². The molecule has 0 saturated carbocycles. The van der Waals surface area contributed by atoms with Crippen LogP contribution in [0.4, 0.5) is 5.82 Å². The highest BCUT2D eigenvalue weighted by Crippen LogP contribution is 2.07. The van der Waals surface area contributed by atoms with E-state index in [4.69, 9.17) is 23.1 Å². The molecule has 0 bridgehead atoms. The van der Waals surface area contributed by atoms with Crippen molar-refractivity contribution >= 4 is 33.0 Å². The van der Waals surface area contributed by atoms with Crippen molar-refractivity contribution in [2.75, 3.05) is 17.6 Å². The highest BCUT2D eigenvalue weighted by Gasteiger charge is 2.07. The van der Waals surface area contributed by atoms with Crippen molar-refractivity contribution in [3.8, 4) is 0 Å². The van der Waals surface area contributed by atoms with Crippen LogP contribution < -0.4 is 16.2 Å². The average molecular weight is 275 g/mol. The maximum Gasteiger partial charge on any atom is 0.209 e. The normalized spacial score (nSPS) is 11.1. The molecule has 0 amide bonds. The zero-order chi connectivity index (χ0) is 12.9. The maximum atomic E-state index is 10.7. The molecular weight excluding hydrogens is 262 g/mol. The number of nitrogens with two attached hydrogens (primary N) is 2. The summed E-state index contributed by atoms with van der Waals surface area (Å²) < 4.78 is 21.4. The van der Waals surface area contributed by atoms with Gasteiger partial charge < -0.3 is 11.1 Å². The van der Waals surface area contributed by atoms with E-state index in [1.54, 1.807) is 0 Å². The summed E-state index contributed by atoms with van der Waals surface area (Å²) in [5, 5.41) is 7.77. The summed E-state index contributed by atoms with van der Waals surface area (Å²) in [6.45, 7) is 0.394. The van der Waals surface area contributed by atoms with Crippen molar-refractivity contribution in [3.63, 3.8) is 0 Å². The number of primary sulfonamides is 1. The number of rotatable bonds is 6. The van der Waals surface area contributed by atoms with E-state index in [2.05, 4.69) is 15.3 Å². The molecular formula is C8H13N5O2S2. The first-order valence-corrected chi connectivity index (χ1v) is 6.87. The van der Waals surface area contributed by atoms with E-state index >= 15 is 0 Å². The minimum atomic E-state index is -3.43. The molecule has 0 atom stereocenters. The van der Waals surface area contributed by atoms with Gasteiger partial charge in [0, 0.05) is 18.9 Å². The van der Waals surface area contributed by atoms with Gasteiger partial charge in [0.05, 0.1) is 5.75 Å². The zero-order valence-electron chi connectivity index (χ0n) is 8.96. The van der Waals surface area contributed by atoms with Crippen molar-refractivity contribution < 1.29 is 8.42 Å². The number of sulfonamides is 1. The highest BCUT2D eigenvalue weighted by molar-refractivity contribution is 7.89. The molecule has 0 saturated heterocycles. The minimum absolute atomic E-state index is 0.0946. The second kappa shape index (κ2) is 5.84. The summed E-state index contributed by atoms with van der Waals surface area (Å²) in [6.07, 6.45) is 3.33. The second-order valence-electron chi connectivity index (χ2n) is 3.27. The number of nitrogens with one attached hydrogen (secondary N) is 1. The van der Waals surface area contributed by atoms with Gasteiger partial charge in [-0.2, -0.15) is 0 Å². The first-order valence-electron chi connectivity index (χ1n) is 4.75. The highest BCUT2D eigenvalue weighted by atomic mass is 32.2. The van der Waals surface area contributed by atoms with Crippen LogP contribution in [0.1, 0.15) is 12.1 Å². The van der Waals surface area contributed by atoms with E-state index < -0.39 is 10.0 Å². The number of hydrogen-bond acceptors (Lipinski definition) is 6. The van der Waals surface area contributed by atoms with Gasteiger partial charge in [-0.05, 0) is 6.42 Å². The monoisotopic (exact) mass is 275 g/mol. The van der Waals surface area contributed by atoms with E-state index in [1.807, 2.05) is 0 Å². The topological polar surface area (TPSA) is 124 Å². The molecule has 0 radical (unpaired) electrons. The zero-order valence-corrected chi connectivity index (χ0v) is 10.6. The fourth-order valence-corrected chi connectivity index (χ4v) is 1.82. The Bertz CT molecular complexity index is 502. The maximum absolute atomic E-state index is 10.7. The Hall–Kier alpha value is -1.32. The van der Waals surface area contributed by atoms with Crippen molar-refractivity contribution in [3.05, 3.63) is 18.1 Å². The van der Waals surface area contributed by atoms with Gasteiger partial charge in [-0.3, -0.25) is 0 Å². The lowest BCUT2D eigenvalue weighted by molar-refractivity contribution is 0.595.